The van der Waals surface area contributed by atoms with Gasteiger partial charge in [-0.05, 0) is 36.0 Å². The molecule has 2 nitrogen and oxygen atoms in total. The van der Waals surface area contributed by atoms with Crippen molar-refractivity contribution in [3.05, 3.63) is 24.3 Å². The maximum atomic E-state index is 11.7. The highest BCUT2D eigenvalue weighted by molar-refractivity contribution is 8.03. The summed E-state index contributed by atoms with van der Waals surface area (Å²) in [5.74, 6) is -0.292. The second-order valence-corrected chi connectivity index (χ2v) is 3.07. The van der Waals surface area contributed by atoms with Crippen LogP contribution in [-0.4, -0.2) is 6.36 Å². The fourth-order valence-corrected chi connectivity index (χ4v) is 1.14. The Balaban J connectivity index is 2.70. The minimum Gasteiger partial charge on any atom is -0.406 e. The molecule has 0 saturated heterocycles. The normalized spacial score (nSPS) is 10.7. The van der Waals surface area contributed by atoms with E-state index in [9.17, 15) is 13.2 Å². The van der Waals surface area contributed by atoms with E-state index < -0.39 is 6.36 Å². The van der Waals surface area contributed by atoms with Crippen LogP contribution in [-0.2, 0) is 0 Å². The minimum absolute atomic E-state index is 0.292. The zero-order valence-corrected chi connectivity index (χ0v) is 7.52. The lowest BCUT2D eigenvalue weighted by Gasteiger charge is -2.08. The maximum Gasteiger partial charge on any atom is 0.573 e. The fourth-order valence-electron chi connectivity index (χ4n) is 0.762. The number of thiocyanates is 1. The molecule has 1 rings (SSSR count). The highest BCUT2D eigenvalue weighted by Gasteiger charge is 2.30. The predicted octanol–water partition coefficient (Wildman–Crippen LogP) is 3.16. The molecule has 0 heterocycles. The van der Waals surface area contributed by atoms with Crippen LogP contribution in [0.15, 0.2) is 29.2 Å². The van der Waals surface area contributed by atoms with E-state index in [-0.39, 0.29) is 5.75 Å². The first-order valence-electron chi connectivity index (χ1n) is 3.43. The molecule has 0 fully saturated rings. The van der Waals surface area contributed by atoms with Crippen molar-refractivity contribution in [3.63, 3.8) is 0 Å². The molecule has 0 amide bonds. The summed E-state index contributed by atoms with van der Waals surface area (Å²) in [6.45, 7) is 0. The Labute approximate surface area is 82.3 Å². The number of thioether (sulfide) groups is 1. The van der Waals surface area contributed by atoms with Crippen LogP contribution in [0.25, 0.3) is 0 Å². The van der Waals surface area contributed by atoms with E-state index in [0.29, 0.717) is 4.90 Å². The Kier molecular flexibility index (Phi) is 3.25. The lowest BCUT2D eigenvalue weighted by molar-refractivity contribution is -0.274. The topological polar surface area (TPSA) is 33.0 Å². The van der Waals surface area contributed by atoms with Crippen LogP contribution in [0.2, 0.25) is 0 Å². The third kappa shape index (κ3) is 3.58. The van der Waals surface area contributed by atoms with Crippen LogP contribution < -0.4 is 4.74 Å². The molecular formula is C8H4F3NOS. The summed E-state index contributed by atoms with van der Waals surface area (Å²) >= 11 is 0.871. The van der Waals surface area contributed by atoms with Gasteiger partial charge in [-0.25, -0.2) is 0 Å². The predicted molar refractivity (Wildman–Crippen MR) is 44.6 cm³/mol. The van der Waals surface area contributed by atoms with E-state index in [4.69, 9.17) is 5.26 Å². The molecule has 74 valence electrons. The minimum atomic E-state index is -4.68. The number of ether oxygens (including phenoxy) is 1. The van der Waals surface area contributed by atoms with Crippen molar-refractivity contribution in [2.75, 3.05) is 0 Å². The number of benzene rings is 1. The van der Waals surface area contributed by atoms with Crippen molar-refractivity contribution in [2.24, 2.45) is 0 Å². The molecule has 1 aromatic carbocycles. The van der Waals surface area contributed by atoms with Gasteiger partial charge in [-0.1, -0.05) is 0 Å². The lowest BCUT2D eigenvalue weighted by Crippen LogP contribution is -2.16. The summed E-state index contributed by atoms with van der Waals surface area (Å²) in [4.78, 5) is 0.571. The Morgan fingerprint density at radius 3 is 2.21 bits per heavy atom. The molecule has 0 atom stereocenters. The maximum absolute atomic E-state index is 11.7. The van der Waals surface area contributed by atoms with Crippen LogP contribution in [0.5, 0.6) is 5.75 Å². The molecule has 14 heavy (non-hydrogen) atoms. The summed E-state index contributed by atoms with van der Waals surface area (Å²) in [5, 5.41) is 10.1. The van der Waals surface area contributed by atoms with Gasteiger partial charge in [0, 0.05) is 4.90 Å². The largest absolute Gasteiger partial charge is 0.573 e. The molecule has 0 bridgehead atoms. The number of rotatable bonds is 2. The molecule has 0 aromatic heterocycles. The van der Waals surface area contributed by atoms with E-state index in [1.807, 2.05) is 0 Å². The number of nitriles is 1. The van der Waals surface area contributed by atoms with Crippen molar-refractivity contribution >= 4 is 11.8 Å². The monoisotopic (exact) mass is 219 g/mol. The SMILES string of the molecule is N#CSc1ccc(OC(F)(F)F)cc1. The van der Waals surface area contributed by atoms with Crippen LogP contribution in [0.1, 0.15) is 0 Å². The second-order valence-electron chi connectivity index (χ2n) is 2.21. The summed E-state index contributed by atoms with van der Waals surface area (Å²) < 4.78 is 38.8. The van der Waals surface area contributed by atoms with E-state index in [1.54, 1.807) is 5.40 Å². The molecule has 0 N–H and O–H groups in total. The van der Waals surface area contributed by atoms with Crippen molar-refractivity contribution < 1.29 is 17.9 Å². The van der Waals surface area contributed by atoms with Crippen molar-refractivity contribution in [1.82, 2.24) is 0 Å². The quantitative estimate of drug-likeness (QED) is 0.565. The molecule has 0 saturated carbocycles. The van der Waals surface area contributed by atoms with E-state index >= 15 is 0 Å². The molecule has 0 radical (unpaired) electrons. The van der Waals surface area contributed by atoms with Crippen molar-refractivity contribution in [3.8, 4) is 11.2 Å². The highest BCUT2D eigenvalue weighted by atomic mass is 32.2. The van der Waals surface area contributed by atoms with Crippen LogP contribution >= 0.6 is 11.8 Å². The summed E-state index contributed by atoms with van der Waals surface area (Å²) in [6.07, 6.45) is -4.68. The summed E-state index contributed by atoms with van der Waals surface area (Å²) in [6, 6.07) is 5.09. The number of hydrogen-bond acceptors (Lipinski definition) is 3. The molecule has 0 aliphatic carbocycles. The van der Waals surface area contributed by atoms with Crippen LogP contribution in [0.4, 0.5) is 13.2 Å². The van der Waals surface area contributed by atoms with Crippen molar-refractivity contribution in [2.45, 2.75) is 11.3 Å². The molecule has 0 aliphatic heterocycles. The van der Waals surface area contributed by atoms with Gasteiger partial charge >= 0.3 is 6.36 Å². The van der Waals surface area contributed by atoms with Crippen LogP contribution in [0.3, 0.4) is 0 Å². The summed E-state index contributed by atoms with van der Waals surface area (Å²) in [5.41, 5.74) is 0. The average molecular weight is 219 g/mol. The first-order chi connectivity index (χ1) is 6.51. The summed E-state index contributed by atoms with van der Waals surface area (Å²) in [7, 11) is 0. The first kappa shape index (κ1) is 10.7. The molecule has 0 aliphatic rings. The average Bonchev–Trinajstić information content (AvgIpc) is 2.06. The van der Waals surface area contributed by atoms with Crippen molar-refractivity contribution in [1.29, 1.82) is 5.26 Å². The number of alkyl halides is 3. The van der Waals surface area contributed by atoms with Gasteiger partial charge in [0.2, 0.25) is 0 Å². The first-order valence-corrected chi connectivity index (χ1v) is 4.24. The molecule has 1 aromatic rings. The molecule has 0 unspecified atom stereocenters. The third-order valence-electron chi connectivity index (χ3n) is 1.22. The van der Waals surface area contributed by atoms with Gasteiger partial charge in [0.05, 0.1) is 0 Å². The number of hydrogen-bond donors (Lipinski definition) is 0. The smallest absolute Gasteiger partial charge is 0.406 e. The Morgan fingerprint density at radius 1 is 1.21 bits per heavy atom. The van der Waals surface area contributed by atoms with Gasteiger partial charge in [0.1, 0.15) is 11.2 Å². The Hall–Kier alpha value is -1.35. The van der Waals surface area contributed by atoms with Gasteiger partial charge in [-0.15, -0.1) is 13.2 Å². The third-order valence-corrected chi connectivity index (χ3v) is 1.82. The van der Waals surface area contributed by atoms with Gasteiger partial charge in [-0.3, -0.25) is 0 Å². The number of nitrogens with zero attached hydrogens (tertiary/aromatic N) is 1. The number of halogens is 3. The van der Waals surface area contributed by atoms with E-state index in [2.05, 4.69) is 4.74 Å². The molecule has 6 heteroatoms. The van der Waals surface area contributed by atoms with Gasteiger partial charge in [-0.2, -0.15) is 5.26 Å². The zero-order valence-electron chi connectivity index (χ0n) is 6.71. The lowest BCUT2D eigenvalue weighted by atomic mass is 10.3. The zero-order chi connectivity index (χ0) is 10.6. The molecule has 0 spiro atoms. The van der Waals surface area contributed by atoms with Gasteiger partial charge in [0.25, 0.3) is 0 Å². The highest BCUT2D eigenvalue weighted by Crippen LogP contribution is 2.25. The standard InChI is InChI=1S/C8H4F3NOS/c9-8(10,11)13-6-1-3-7(4-2-6)14-5-12/h1-4H. The second kappa shape index (κ2) is 4.24. The van der Waals surface area contributed by atoms with E-state index in [0.717, 1.165) is 23.9 Å². The Bertz CT molecular complexity index is 341. The van der Waals surface area contributed by atoms with Gasteiger partial charge < -0.3 is 4.74 Å². The van der Waals surface area contributed by atoms with E-state index in [1.165, 1.54) is 12.1 Å². The van der Waals surface area contributed by atoms with Gasteiger partial charge in [0.15, 0.2) is 0 Å². The Morgan fingerprint density at radius 2 is 1.79 bits per heavy atom. The molecular weight excluding hydrogens is 215 g/mol. The fraction of sp³-hybridized carbons (Fsp3) is 0.125. The van der Waals surface area contributed by atoms with Crippen LogP contribution in [0, 0.1) is 10.7 Å².